The maximum absolute atomic E-state index is 13.7. The van der Waals surface area contributed by atoms with E-state index in [4.69, 9.17) is 0 Å². The fourth-order valence-electron chi connectivity index (χ4n) is 2.28. The molecule has 3 nitrogen and oxygen atoms in total. The summed E-state index contributed by atoms with van der Waals surface area (Å²) in [4.78, 5) is 11.4. The van der Waals surface area contributed by atoms with Gasteiger partial charge in [-0.05, 0) is 36.8 Å². The molecule has 0 atom stereocenters. The highest BCUT2D eigenvalue weighted by molar-refractivity contribution is 7.90. The number of aryl methyl sites for hydroxylation is 1. The molecule has 0 spiro atoms. The van der Waals surface area contributed by atoms with Crippen molar-refractivity contribution in [1.82, 2.24) is 0 Å². The van der Waals surface area contributed by atoms with Crippen LogP contribution in [0.25, 0.3) is 9.40 Å². The highest BCUT2D eigenvalue weighted by atomic mass is 32.2. The molecule has 8 heteroatoms. The molecule has 0 radical (unpaired) electrons. The Morgan fingerprint density at radius 1 is 1.04 bits per heavy atom. The summed E-state index contributed by atoms with van der Waals surface area (Å²) in [5, 5.41) is 0. The minimum Gasteiger partial charge on any atom is -0.265 e. The quantitative estimate of drug-likeness (QED) is 0.701. The van der Waals surface area contributed by atoms with Crippen LogP contribution in [0.2, 0.25) is 0 Å². The van der Waals surface area contributed by atoms with Gasteiger partial charge in [0.05, 0.1) is 15.3 Å². The SMILES string of the molecule is Cc1cc2sc(=O)sc2cc1S(=O)(=O)Cc1c(F)cccc1F. The monoisotopic (exact) mass is 372 g/mol. The maximum atomic E-state index is 13.7. The van der Waals surface area contributed by atoms with Gasteiger partial charge in [0.2, 0.25) is 0 Å². The van der Waals surface area contributed by atoms with Crippen LogP contribution in [0, 0.1) is 18.6 Å². The normalized spacial score (nSPS) is 12.0. The zero-order chi connectivity index (χ0) is 16.8. The topological polar surface area (TPSA) is 51.2 Å². The van der Waals surface area contributed by atoms with Crippen LogP contribution in [0.3, 0.4) is 0 Å². The van der Waals surface area contributed by atoms with E-state index in [0.29, 0.717) is 15.0 Å². The van der Waals surface area contributed by atoms with Gasteiger partial charge in [-0.25, -0.2) is 17.2 Å². The molecule has 0 N–H and O–H groups in total. The number of rotatable bonds is 3. The lowest BCUT2D eigenvalue weighted by Gasteiger charge is -2.09. The van der Waals surface area contributed by atoms with Crippen LogP contribution in [0.15, 0.2) is 40.0 Å². The molecule has 2 aromatic carbocycles. The summed E-state index contributed by atoms with van der Waals surface area (Å²) in [6.45, 7) is 1.60. The van der Waals surface area contributed by atoms with Crippen molar-refractivity contribution in [2.75, 3.05) is 0 Å². The first kappa shape index (κ1) is 16.2. The van der Waals surface area contributed by atoms with Crippen LogP contribution in [0.1, 0.15) is 11.1 Å². The van der Waals surface area contributed by atoms with Crippen molar-refractivity contribution in [3.63, 3.8) is 0 Å². The Kier molecular flexibility index (Phi) is 4.07. The van der Waals surface area contributed by atoms with E-state index in [1.807, 2.05) is 0 Å². The zero-order valence-corrected chi connectivity index (χ0v) is 14.2. The summed E-state index contributed by atoms with van der Waals surface area (Å²) in [6.07, 6.45) is 0. The molecule has 0 bridgehead atoms. The van der Waals surface area contributed by atoms with Gasteiger partial charge in [0.25, 0.3) is 4.06 Å². The van der Waals surface area contributed by atoms with Gasteiger partial charge >= 0.3 is 0 Å². The second-order valence-corrected chi connectivity index (χ2v) is 9.22. The predicted molar refractivity (Wildman–Crippen MR) is 88.0 cm³/mol. The standard InChI is InChI=1S/C15H10F2O3S3/c1-8-5-12-13(22-15(18)21-12)6-14(8)23(19,20)7-9-10(16)3-2-4-11(9)17/h2-6H,7H2,1H3. The average molecular weight is 372 g/mol. The third-order valence-corrected chi connectivity index (χ3v) is 7.22. The lowest BCUT2D eigenvalue weighted by Crippen LogP contribution is -2.09. The van der Waals surface area contributed by atoms with Crippen molar-refractivity contribution in [2.45, 2.75) is 17.6 Å². The van der Waals surface area contributed by atoms with Gasteiger partial charge in [0, 0.05) is 10.3 Å². The summed E-state index contributed by atoms with van der Waals surface area (Å²) >= 11 is 2.00. The van der Waals surface area contributed by atoms with Crippen LogP contribution in [0.4, 0.5) is 8.78 Å². The first-order valence-electron chi connectivity index (χ1n) is 6.48. The summed E-state index contributed by atoms with van der Waals surface area (Å²) in [6, 6.07) is 6.24. The Balaban J connectivity index is 2.13. The van der Waals surface area contributed by atoms with E-state index in [-0.39, 0.29) is 8.95 Å². The van der Waals surface area contributed by atoms with E-state index in [0.717, 1.165) is 34.8 Å². The van der Waals surface area contributed by atoms with Crippen LogP contribution >= 0.6 is 22.7 Å². The Morgan fingerprint density at radius 2 is 1.61 bits per heavy atom. The molecule has 3 rings (SSSR count). The Morgan fingerprint density at radius 3 is 2.22 bits per heavy atom. The van der Waals surface area contributed by atoms with E-state index in [1.165, 1.54) is 12.1 Å². The minimum absolute atomic E-state index is 0.0123. The van der Waals surface area contributed by atoms with Crippen LogP contribution in [-0.4, -0.2) is 8.42 Å². The first-order chi connectivity index (χ1) is 10.8. The molecular formula is C15H10F2O3S3. The molecule has 23 heavy (non-hydrogen) atoms. The zero-order valence-electron chi connectivity index (χ0n) is 11.8. The Labute approximate surface area is 138 Å². The second kappa shape index (κ2) is 5.77. The summed E-state index contributed by atoms with van der Waals surface area (Å²) in [5.74, 6) is -2.56. The lowest BCUT2D eigenvalue weighted by molar-refractivity contribution is 0.555. The summed E-state index contributed by atoms with van der Waals surface area (Å²) in [5.41, 5.74) is -0.0335. The number of halogens is 2. The van der Waals surface area contributed by atoms with E-state index in [1.54, 1.807) is 13.0 Å². The molecule has 0 aliphatic rings. The van der Waals surface area contributed by atoms with Gasteiger partial charge < -0.3 is 0 Å². The molecule has 1 heterocycles. The van der Waals surface area contributed by atoms with Gasteiger partial charge in [-0.3, -0.25) is 4.79 Å². The van der Waals surface area contributed by atoms with Crippen LogP contribution in [-0.2, 0) is 15.6 Å². The van der Waals surface area contributed by atoms with Gasteiger partial charge in [-0.15, -0.1) is 0 Å². The molecule has 0 saturated heterocycles. The van der Waals surface area contributed by atoms with Crippen LogP contribution < -0.4 is 4.06 Å². The molecular weight excluding hydrogens is 362 g/mol. The second-order valence-electron chi connectivity index (χ2n) is 4.98. The third kappa shape index (κ3) is 3.06. The van der Waals surface area contributed by atoms with Crippen molar-refractivity contribution in [3.8, 4) is 0 Å². The highest BCUT2D eigenvalue weighted by Gasteiger charge is 2.23. The minimum atomic E-state index is -3.94. The Bertz CT molecular complexity index is 1050. The van der Waals surface area contributed by atoms with Crippen LogP contribution in [0.5, 0.6) is 0 Å². The molecule has 120 valence electrons. The largest absolute Gasteiger partial charge is 0.288 e. The highest BCUT2D eigenvalue weighted by Crippen LogP contribution is 2.30. The average Bonchev–Trinajstić information content (AvgIpc) is 2.81. The fraction of sp³-hybridized carbons (Fsp3) is 0.133. The number of sulfone groups is 1. The molecule has 0 amide bonds. The molecule has 0 saturated carbocycles. The number of fused-ring (bicyclic) bond motifs is 1. The summed E-state index contributed by atoms with van der Waals surface area (Å²) < 4.78 is 53.7. The third-order valence-electron chi connectivity index (χ3n) is 3.36. The smallest absolute Gasteiger partial charge is 0.265 e. The number of hydrogen-bond donors (Lipinski definition) is 0. The van der Waals surface area contributed by atoms with Crippen molar-refractivity contribution < 1.29 is 17.2 Å². The number of hydrogen-bond acceptors (Lipinski definition) is 5. The molecule has 0 fully saturated rings. The van der Waals surface area contributed by atoms with E-state index < -0.39 is 32.8 Å². The predicted octanol–water partition coefficient (Wildman–Crippen LogP) is 3.88. The fourth-order valence-corrected chi connectivity index (χ4v) is 6.05. The van der Waals surface area contributed by atoms with Gasteiger partial charge in [0.1, 0.15) is 11.6 Å². The van der Waals surface area contributed by atoms with E-state index >= 15 is 0 Å². The number of benzene rings is 2. The maximum Gasteiger partial charge on any atom is 0.288 e. The van der Waals surface area contributed by atoms with Gasteiger partial charge in [-0.2, -0.15) is 0 Å². The summed E-state index contributed by atoms with van der Waals surface area (Å²) in [7, 11) is -3.94. The molecule has 0 unspecified atom stereocenters. The molecule has 3 aromatic rings. The van der Waals surface area contributed by atoms with Crippen molar-refractivity contribution in [2.24, 2.45) is 0 Å². The lowest BCUT2D eigenvalue weighted by atomic mass is 10.2. The van der Waals surface area contributed by atoms with E-state index in [2.05, 4.69) is 0 Å². The van der Waals surface area contributed by atoms with Crippen molar-refractivity contribution >= 4 is 41.9 Å². The van der Waals surface area contributed by atoms with Gasteiger partial charge in [-0.1, -0.05) is 28.7 Å². The van der Waals surface area contributed by atoms with E-state index in [9.17, 15) is 22.0 Å². The first-order valence-corrected chi connectivity index (χ1v) is 9.76. The van der Waals surface area contributed by atoms with Gasteiger partial charge in [0.15, 0.2) is 9.84 Å². The molecule has 0 aliphatic heterocycles. The van der Waals surface area contributed by atoms with Crippen molar-refractivity contribution in [1.29, 1.82) is 0 Å². The molecule has 0 aliphatic carbocycles. The Hall–Kier alpha value is -1.64. The van der Waals surface area contributed by atoms with Crippen molar-refractivity contribution in [3.05, 3.63) is 61.9 Å². The molecule has 1 aromatic heterocycles.